The summed E-state index contributed by atoms with van der Waals surface area (Å²) >= 11 is 6.31. The van der Waals surface area contributed by atoms with Crippen molar-refractivity contribution in [2.24, 2.45) is 4.99 Å². The molecule has 1 aliphatic heterocycles. The average Bonchev–Trinajstić information content (AvgIpc) is 2.43. The fourth-order valence-corrected chi connectivity index (χ4v) is 2.81. The lowest BCUT2D eigenvalue weighted by atomic mass is 9.30. The molecule has 21 heavy (non-hydrogen) atoms. The zero-order valence-electron chi connectivity index (χ0n) is 12.6. The van der Waals surface area contributed by atoms with Gasteiger partial charge in [0.1, 0.15) is 0 Å². The van der Waals surface area contributed by atoms with Crippen LogP contribution in [0.15, 0.2) is 17.1 Å². The Bertz CT molecular complexity index is 606. The molecule has 1 N–H and O–H groups in total. The van der Waals surface area contributed by atoms with E-state index in [-0.39, 0.29) is 6.71 Å². The maximum Gasteiger partial charge on any atom is 0.274 e. The predicted octanol–water partition coefficient (Wildman–Crippen LogP) is 3.02. The van der Waals surface area contributed by atoms with Crippen molar-refractivity contribution in [3.05, 3.63) is 28.3 Å². The van der Waals surface area contributed by atoms with Gasteiger partial charge in [0.2, 0.25) is 0 Å². The Morgan fingerprint density at radius 3 is 2.81 bits per heavy atom. The zero-order chi connectivity index (χ0) is 15.6. The second-order valence-electron chi connectivity index (χ2n) is 5.70. The number of aliphatic imine (C=N–C) groups is 1. The van der Waals surface area contributed by atoms with Crippen molar-refractivity contribution in [3.63, 3.8) is 0 Å². The van der Waals surface area contributed by atoms with E-state index in [9.17, 15) is 5.11 Å². The van der Waals surface area contributed by atoms with Crippen LogP contribution in [0.2, 0.25) is 17.7 Å². The molecule has 1 heterocycles. The average molecular weight is 304 g/mol. The molecule has 1 fully saturated rings. The molecule has 6 heteroatoms. The monoisotopic (exact) mass is 303 g/mol. The summed E-state index contributed by atoms with van der Waals surface area (Å²) < 4.78 is 0. The summed E-state index contributed by atoms with van der Waals surface area (Å²) in [6, 6.07) is 3.67. The predicted molar refractivity (Wildman–Crippen MR) is 87.5 cm³/mol. The first-order valence-corrected chi connectivity index (χ1v) is 7.44. The minimum atomic E-state index is -0.968. The lowest BCUT2D eigenvalue weighted by molar-refractivity contribution is 0.0586. The number of hydrogen-bond acceptors (Lipinski definition) is 3. The standard InChI is InChI=1S/C15H19BClN3O/c1-4-20(3)10-19-14-6-13(17)12(5-11(14)2)15(21)7-16(8-15)9-18/h5-6,10,21H,4,7-8H2,1-3H3. The van der Waals surface area contributed by atoms with E-state index in [4.69, 9.17) is 16.9 Å². The maximum absolute atomic E-state index is 10.6. The number of nitrogens with zero attached hydrogens (tertiary/aromatic N) is 3. The van der Waals surface area contributed by atoms with Gasteiger partial charge in [-0.1, -0.05) is 11.6 Å². The molecule has 0 aliphatic carbocycles. The van der Waals surface area contributed by atoms with E-state index in [2.05, 4.69) is 11.0 Å². The van der Waals surface area contributed by atoms with Gasteiger partial charge in [0.05, 0.1) is 17.6 Å². The Kier molecular flexibility index (Phi) is 4.60. The smallest absolute Gasteiger partial charge is 0.274 e. The van der Waals surface area contributed by atoms with E-state index < -0.39 is 5.60 Å². The molecule has 1 aromatic rings. The van der Waals surface area contributed by atoms with Crippen molar-refractivity contribution in [1.82, 2.24) is 4.90 Å². The molecule has 0 atom stereocenters. The molecular formula is C15H19BClN3O. The SMILES string of the molecule is CCN(C)C=Nc1cc(Cl)c(C2(O)CB(C#N)C2)cc1C. The highest BCUT2D eigenvalue weighted by molar-refractivity contribution is 6.70. The molecule has 0 aromatic heterocycles. The van der Waals surface area contributed by atoms with E-state index >= 15 is 0 Å². The Labute approximate surface area is 131 Å². The van der Waals surface area contributed by atoms with Crippen molar-refractivity contribution >= 4 is 30.3 Å². The molecule has 1 aromatic carbocycles. The fraction of sp³-hybridized carbons (Fsp3) is 0.467. The van der Waals surface area contributed by atoms with E-state index in [0.717, 1.165) is 17.8 Å². The van der Waals surface area contributed by atoms with Gasteiger partial charge in [-0.05, 0) is 44.2 Å². The van der Waals surface area contributed by atoms with Gasteiger partial charge in [-0.3, -0.25) is 0 Å². The van der Waals surface area contributed by atoms with E-state index in [1.54, 1.807) is 12.4 Å². The third-order valence-electron chi connectivity index (χ3n) is 4.03. The summed E-state index contributed by atoms with van der Waals surface area (Å²) in [7, 11) is 1.95. The summed E-state index contributed by atoms with van der Waals surface area (Å²) in [4.78, 5) is 6.39. The topological polar surface area (TPSA) is 59.6 Å². The van der Waals surface area contributed by atoms with Crippen LogP contribution in [0, 0.1) is 18.2 Å². The molecule has 0 radical (unpaired) electrons. The summed E-state index contributed by atoms with van der Waals surface area (Å²) in [5.74, 6) is 2.18. The van der Waals surface area contributed by atoms with Crippen LogP contribution in [-0.2, 0) is 5.60 Å². The molecule has 1 saturated heterocycles. The first-order chi connectivity index (χ1) is 9.89. The second kappa shape index (κ2) is 6.09. The van der Waals surface area contributed by atoms with Crippen LogP contribution < -0.4 is 0 Å². The number of aliphatic hydroxyl groups is 1. The molecule has 0 unspecified atom stereocenters. The van der Waals surface area contributed by atoms with Crippen LogP contribution in [0.25, 0.3) is 0 Å². The maximum atomic E-state index is 10.6. The van der Waals surface area contributed by atoms with Gasteiger partial charge < -0.3 is 10.0 Å². The van der Waals surface area contributed by atoms with Gasteiger partial charge >= 0.3 is 0 Å². The van der Waals surface area contributed by atoms with Gasteiger partial charge in [0, 0.05) is 30.1 Å². The first kappa shape index (κ1) is 15.9. The zero-order valence-corrected chi connectivity index (χ0v) is 13.4. The van der Waals surface area contributed by atoms with Crippen molar-refractivity contribution in [3.8, 4) is 5.97 Å². The van der Waals surface area contributed by atoms with Gasteiger partial charge in [0.25, 0.3) is 6.71 Å². The number of benzene rings is 1. The quantitative estimate of drug-likeness (QED) is 0.528. The van der Waals surface area contributed by atoms with E-state index in [0.29, 0.717) is 23.2 Å². The Hall–Kier alpha value is -1.51. The lowest BCUT2D eigenvalue weighted by Gasteiger charge is -2.39. The molecule has 0 bridgehead atoms. The van der Waals surface area contributed by atoms with Crippen LogP contribution in [0.5, 0.6) is 0 Å². The molecule has 4 nitrogen and oxygen atoms in total. The van der Waals surface area contributed by atoms with Gasteiger partial charge in [0.15, 0.2) is 0 Å². The van der Waals surface area contributed by atoms with Gasteiger partial charge in [-0.25, -0.2) is 10.3 Å². The van der Waals surface area contributed by atoms with Crippen molar-refractivity contribution in [2.45, 2.75) is 32.1 Å². The largest absolute Gasteiger partial charge is 0.386 e. The van der Waals surface area contributed by atoms with Crippen LogP contribution in [0.1, 0.15) is 18.1 Å². The van der Waals surface area contributed by atoms with E-state index in [1.165, 1.54) is 0 Å². The molecule has 110 valence electrons. The highest BCUT2D eigenvalue weighted by Gasteiger charge is 2.48. The number of aryl methyl sites for hydroxylation is 1. The first-order valence-electron chi connectivity index (χ1n) is 7.06. The lowest BCUT2D eigenvalue weighted by Crippen LogP contribution is -2.45. The third kappa shape index (κ3) is 3.23. The van der Waals surface area contributed by atoms with Gasteiger partial charge in [-0.15, -0.1) is 0 Å². The van der Waals surface area contributed by atoms with Crippen LogP contribution in [-0.4, -0.2) is 36.7 Å². The minimum absolute atomic E-state index is 0.0812. The molecule has 0 saturated carbocycles. The molecule has 0 spiro atoms. The number of rotatable bonds is 4. The Morgan fingerprint density at radius 1 is 1.57 bits per heavy atom. The highest BCUT2D eigenvalue weighted by atomic mass is 35.5. The summed E-state index contributed by atoms with van der Waals surface area (Å²) in [5.41, 5.74) is 1.49. The van der Waals surface area contributed by atoms with Crippen molar-refractivity contribution in [1.29, 1.82) is 5.26 Å². The third-order valence-corrected chi connectivity index (χ3v) is 4.34. The molecule has 1 aliphatic rings. The summed E-state index contributed by atoms with van der Waals surface area (Å²) in [6.45, 7) is 4.79. The minimum Gasteiger partial charge on any atom is -0.386 e. The molecular weight excluding hydrogens is 284 g/mol. The van der Waals surface area contributed by atoms with E-state index in [1.807, 2.05) is 31.9 Å². The van der Waals surface area contributed by atoms with Gasteiger partial charge in [-0.2, -0.15) is 0 Å². The van der Waals surface area contributed by atoms with Crippen molar-refractivity contribution < 1.29 is 5.11 Å². The number of nitriles is 1. The Morgan fingerprint density at radius 2 is 2.24 bits per heavy atom. The normalized spacial score (nSPS) is 16.7. The van der Waals surface area contributed by atoms with Crippen molar-refractivity contribution in [2.75, 3.05) is 13.6 Å². The summed E-state index contributed by atoms with van der Waals surface area (Å²) in [5, 5.41) is 19.9. The van der Waals surface area contributed by atoms with Crippen LogP contribution in [0.3, 0.4) is 0 Å². The molecule has 2 rings (SSSR count). The number of hydrogen-bond donors (Lipinski definition) is 1. The fourth-order valence-electron chi connectivity index (χ4n) is 2.48. The summed E-state index contributed by atoms with van der Waals surface area (Å²) in [6.07, 6.45) is 2.66. The second-order valence-corrected chi connectivity index (χ2v) is 6.11. The number of halogens is 1. The highest BCUT2D eigenvalue weighted by Crippen LogP contribution is 2.46. The Balaban J connectivity index is 2.26. The van der Waals surface area contributed by atoms with Crippen LogP contribution >= 0.6 is 11.6 Å². The molecule has 0 amide bonds. The van der Waals surface area contributed by atoms with Crippen LogP contribution in [0.4, 0.5) is 5.69 Å².